The van der Waals surface area contributed by atoms with Gasteiger partial charge >= 0.3 is 12.2 Å². The molecule has 2 amide bonds. The molecule has 6 rings (SSSR count). The van der Waals surface area contributed by atoms with E-state index in [1.165, 1.54) is 4.90 Å². The van der Waals surface area contributed by atoms with Crippen LogP contribution in [0.15, 0.2) is 97.1 Å². The molecule has 0 fully saturated rings. The molecule has 0 saturated heterocycles. The lowest BCUT2D eigenvalue weighted by Gasteiger charge is -2.26. The summed E-state index contributed by atoms with van der Waals surface area (Å²) in [5.74, 6) is -0.624. The highest BCUT2D eigenvalue weighted by atomic mass is 16.4. The fourth-order valence-corrected chi connectivity index (χ4v) is 6.38. The number of hydrogen-bond donors (Lipinski definition) is 2. The maximum Gasteiger partial charge on any atom is 0.407 e. The fourth-order valence-electron chi connectivity index (χ4n) is 6.38. The minimum atomic E-state index is -1.17. The first-order valence-electron chi connectivity index (χ1n) is 13.8. The van der Waals surface area contributed by atoms with Crippen molar-refractivity contribution >= 4 is 18.0 Å². The summed E-state index contributed by atoms with van der Waals surface area (Å²) in [7, 11) is 0. The number of carboxylic acid groups (broad SMARTS) is 2. The first-order chi connectivity index (χ1) is 19.9. The number of Topliss-reactive ketones (excluding diaryl/α,β-unsaturated/α-hetero) is 1. The number of ketones is 1. The predicted octanol–water partition coefficient (Wildman–Crippen LogP) is 6.53. The van der Waals surface area contributed by atoms with E-state index < -0.39 is 12.2 Å². The Bertz CT molecular complexity index is 1560. The maximum atomic E-state index is 13.1. The number of rotatable bonds is 9. The Labute approximate surface area is 238 Å². The van der Waals surface area contributed by atoms with Crippen molar-refractivity contribution in [3.63, 3.8) is 0 Å². The minimum absolute atomic E-state index is 0.00243. The molecule has 0 spiro atoms. The Morgan fingerprint density at radius 3 is 1.24 bits per heavy atom. The third kappa shape index (κ3) is 4.95. The van der Waals surface area contributed by atoms with Crippen molar-refractivity contribution in [2.45, 2.75) is 18.3 Å². The molecule has 4 aromatic rings. The van der Waals surface area contributed by atoms with Crippen LogP contribution in [0.25, 0.3) is 22.3 Å². The van der Waals surface area contributed by atoms with E-state index in [1.54, 1.807) is 0 Å². The third-order valence-corrected chi connectivity index (χ3v) is 8.30. The average Bonchev–Trinajstić information content (AvgIpc) is 3.47. The van der Waals surface area contributed by atoms with Gasteiger partial charge in [0.05, 0.1) is 6.54 Å². The Morgan fingerprint density at radius 1 is 0.537 bits per heavy atom. The molecule has 0 unspecified atom stereocenters. The van der Waals surface area contributed by atoms with Crippen LogP contribution in [0.3, 0.4) is 0 Å². The molecule has 0 aliphatic heterocycles. The number of fused-ring (bicyclic) bond motifs is 6. The van der Waals surface area contributed by atoms with Gasteiger partial charge in [0.15, 0.2) is 5.78 Å². The summed E-state index contributed by atoms with van der Waals surface area (Å²) in [4.78, 5) is 39.9. The van der Waals surface area contributed by atoms with Gasteiger partial charge in [-0.3, -0.25) is 4.79 Å². The van der Waals surface area contributed by atoms with Crippen molar-refractivity contribution in [1.82, 2.24) is 9.80 Å². The van der Waals surface area contributed by atoms with Crippen molar-refractivity contribution in [1.29, 1.82) is 0 Å². The van der Waals surface area contributed by atoms with Crippen LogP contribution in [0.4, 0.5) is 9.59 Å². The Balaban J connectivity index is 1.14. The van der Waals surface area contributed by atoms with E-state index in [2.05, 4.69) is 0 Å². The number of carbonyl (C=O) groups excluding carboxylic acids is 1. The molecule has 0 atom stereocenters. The predicted molar refractivity (Wildman–Crippen MR) is 156 cm³/mol. The molecule has 2 aliphatic rings. The highest BCUT2D eigenvalue weighted by molar-refractivity contribution is 5.85. The first kappa shape index (κ1) is 26.3. The van der Waals surface area contributed by atoms with Crippen LogP contribution in [0.2, 0.25) is 0 Å². The van der Waals surface area contributed by atoms with Crippen LogP contribution >= 0.6 is 0 Å². The van der Waals surface area contributed by atoms with E-state index in [9.17, 15) is 24.6 Å². The van der Waals surface area contributed by atoms with Crippen molar-refractivity contribution in [2.24, 2.45) is 0 Å². The van der Waals surface area contributed by atoms with Crippen LogP contribution in [0, 0.1) is 0 Å². The number of benzene rings is 4. The van der Waals surface area contributed by atoms with Crippen LogP contribution in [-0.2, 0) is 4.79 Å². The monoisotopic (exact) mass is 546 g/mol. The standard InChI is InChI=1S/C34H30N2O5/c37-22(19-36(34(40)41)21-32-29-15-7-3-11-25(29)26-12-4-8-16-30(26)32)17-18-35(33(38)39)20-31-27-13-5-1-9-23(27)24-10-2-6-14-28(24)31/h1-16,31-32H,17-21H2,(H,38,39)(H,40,41). The fraction of sp³-hybridized carbons (Fsp3) is 0.206. The Morgan fingerprint density at radius 2 is 0.878 bits per heavy atom. The molecule has 7 nitrogen and oxygen atoms in total. The molecular formula is C34H30N2O5. The summed E-state index contributed by atoms with van der Waals surface area (Å²) in [5, 5.41) is 20.0. The van der Waals surface area contributed by atoms with Crippen LogP contribution < -0.4 is 0 Å². The van der Waals surface area contributed by atoms with Crippen LogP contribution in [0.5, 0.6) is 0 Å². The third-order valence-electron chi connectivity index (χ3n) is 8.30. The summed E-state index contributed by atoms with van der Waals surface area (Å²) >= 11 is 0. The molecule has 2 aliphatic carbocycles. The highest BCUT2D eigenvalue weighted by Crippen LogP contribution is 2.46. The summed E-state index contributed by atoms with van der Waals surface area (Å²) < 4.78 is 0. The van der Waals surface area contributed by atoms with Gasteiger partial charge in [-0.15, -0.1) is 0 Å². The second-order valence-electron chi connectivity index (χ2n) is 10.6. The first-order valence-corrected chi connectivity index (χ1v) is 13.8. The number of carbonyl (C=O) groups is 3. The summed E-state index contributed by atoms with van der Waals surface area (Å²) in [6, 6.07) is 31.9. The normalized spacial score (nSPS) is 13.2. The topological polar surface area (TPSA) is 98.2 Å². The lowest BCUT2D eigenvalue weighted by Crippen LogP contribution is -2.40. The summed E-state index contributed by atoms with van der Waals surface area (Å²) in [6.45, 7) is 0.0680. The summed E-state index contributed by atoms with van der Waals surface area (Å²) in [5.41, 5.74) is 8.58. The van der Waals surface area contributed by atoms with Gasteiger partial charge in [-0.1, -0.05) is 97.1 Å². The zero-order valence-corrected chi connectivity index (χ0v) is 22.4. The molecule has 41 heavy (non-hydrogen) atoms. The van der Waals surface area contributed by atoms with E-state index >= 15 is 0 Å². The SMILES string of the molecule is O=C(CCN(CC1c2ccccc2-c2ccccc21)C(=O)O)CN(CC1c2ccccc2-c2ccccc21)C(=O)O. The molecule has 7 heteroatoms. The van der Waals surface area contributed by atoms with E-state index in [4.69, 9.17) is 0 Å². The van der Waals surface area contributed by atoms with Crippen LogP contribution in [0.1, 0.15) is 40.5 Å². The van der Waals surface area contributed by atoms with Gasteiger partial charge in [0.2, 0.25) is 0 Å². The molecule has 4 aromatic carbocycles. The van der Waals surface area contributed by atoms with E-state index in [0.29, 0.717) is 0 Å². The number of amides is 2. The van der Waals surface area contributed by atoms with Gasteiger partial charge in [0.25, 0.3) is 0 Å². The second-order valence-corrected chi connectivity index (χ2v) is 10.6. The van der Waals surface area contributed by atoms with Crippen molar-refractivity contribution in [3.05, 3.63) is 119 Å². The van der Waals surface area contributed by atoms with Gasteiger partial charge in [-0.05, 0) is 44.5 Å². The second kappa shape index (κ2) is 10.9. The van der Waals surface area contributed by atoms with Gasteiger partial charge in [-0.25, -0.2) is 9.59 Å². The molecular weight excluding hydrogens is 516 g/mol. The number of nitrogens with zero attached hydrogens (tertiary/aromatic N) is 2. The largest absolute Gasteiger partial charge is 0.465 e. The highest BCUT2D eigenvalue weighted by Gasteiger charge is 2.33. The van der Waals surface area contributed by atoms with Gasteiger partial charge in [-0.2, -0.15) is 0 Å². The maximum absolute atomic E-state index is 13.1. The van der Waals surface area contributed by atoms with Crippen molar-refractivity contribution in [2.75, 3.05) is 26.2 Å². The zero-order valence-electron chi connectivity index (χ0n) is 22.4. The molecule has 0 saturated carbocycles. The molecule has 2 N–H and O–H groups in total. The quantitative estimate of drug-likeness (QED) is 0.249. The van der Waals surface area contributed by atoms with Crippen molar-refractivity contribution < 1.29 is 24.6 Å². The van der Waals surface area contributed by atoms with Gasteiger partial charge < -0.3 is 20.0 Å². The lowest BCUT2D eigenvalue weighted by molar-refractivity contribution is -0.120. The van der Waals surface area contributed by atoms with E-state index in [-0.39, 0.29) is 50.2 Å². The molecule has 0 aromatic heterocycles. The van der Waals surface area contributed by atoms with E-state index in [1.807, 2.05) is 97.1 Å². The Hall–Kier alpha value is -4.91. The molecule has 206 valence electrons. The lowest BCUT2D eigenvalue weighted by atomic mass is 9.96. The van der Waals surface area contributed by atoms with Crippen LogP contribution in [-0.4, -0.2) is 64.2 Å². The van der Waals surface area contributed by atoms with Gasteiger partial charge in [0.1, 0.15) is 0 Å². The minimum Gasteiger partial charge on any atom is -0.465 e. The average molecular weight is 547 g/mol. The molecule has 0 radical (unpaired) electrons. The smallest absolute Gasteiger partial charge is 0.407 e. The molecule has 0 heterocycles. The van der Waals surface area contributed by atoms with Crippen molar-refractivity contribution in [3.8, 4) is 22.3 Å². The Kier molecular flexibility index (Phi) is 7.01. The summed E-state index contributed by atoms with van der Waals surface area (Å²) in [6.07, 6.45) is -2.34. The zero-order chi connectivity index (χ0) is 28.5. The van der Waals surface area contributed by atoms with Gasteiger partial charge in [0, 0.05) is 37.9 Å². The van der Waals surface area contributed by atoms with E-state index in [0.717, 1.165) is 49.4 Å². The number of hydrogen-bond acceptors (Lipinski definition) is 3. The molecule has 0 bridgehead atoms.